The first-order valence-corrected chi connectivity index (χ1v) is 5.47. The van der Waals surface area contributed by atoms with Gasteiger partial charge in [0.25, 0.3) is 0 Å². The van der Waals surface area contributed by atoms with Gasteiger partial charge in [-0.05, 0) is 30.7 Å². The first-order chi connectivity index (χ1) is 7.74. The van der Waals surface area contributed by atoms with Crippen LogP contribution in [0.1, 0.15) is 19.0 Å². The maximum Gasteiger partial charge on any atom is 0.119 e. The van der Waals surface area contributed by atoms with Crippen LogP contribution in [-0.2, 0) is 6.42 Å². The lowest BCUT2D eigenvalue weighted by molar-refractivity contribution is 0.415. The van der Waals surface area contributed by atoms with Gasteiger partial charge in [-0.2, -0.15) is 0 Å². The number of aryl methyl sites for hydroxylation is 1. The second-order valence-electron chi connectivity index (χ2n) is 3.84. The number of benzene rings is 1. The van der Waals surface area contributed by atoms with E-state index in [4.69, 9.17) is 10.5 Å². The number of methoxy groups -OCH3 is 1. The molecule has 0 aliphatic heterocycles. The molecule has 16 heavy (non-hydrogen) atoms. The molecule has 0 saturated heterocycles. The fourth-order valence-electron chi connectivity index (χ4n) is 1.80. The Labute approximate surface area is 95.2 Å². The highest BCUT2D eigenvalue weighted by molar-refractivity contribution is 5.91. The fourth-order valence-corrected chi connectivity index (χ4v) is 1.80. The van der Waals surface area contributed by atoms with E-state index < -0.39 is 0 Å². The molecule has 0 fully saturated rings. The van der Waals surface area contributed by atoms with Crippen molar-refractivity contribution >= 4 is 16.6 Å². The molecule has 2 N–H and O–H groups in total. The largest absolute Gasteiger partial charge is 0.497 e. The summed E-state index contributed by atoms with van der Waals surface area (Å²) in [6.45, 7) is 2.14. The quantitative estimate of drug-likeness (QED) is 0.858. The van der Waals surface area contributed by atoms with E-state index in [2.05, 4.69) is 11.9 Å². The average molecular weight is 216 g/mol. The van der Waals surface area contributed by atoms with Gasteiger partial charge in [0.15, 0.2) is 0 Å². The smallest absolute Gasteiger partial charge is 0.119 e. The minimum Gasteiger partial charge on any atom is -0.497 e. The molecule has 3 nitrogen and oxygen atoms in total. The van der Waals surface area contributed by atoms with Crippen molar-refractivity contribution in [2.45, 2.75) is 19.8 Å². The van der Waals surface area contributed by atoms with Crippen molar-refractivity contribution < 1.29 is 4.74 Å². The molecular formula is C13H16N2O. The van der Waals surface area contributed by atoms with E-state index in [1.165, 1.54) is 0 Å². The van der Waals surface area contributed by atoms with Crippen LogP contribution in [0, 0.1) is 0 Å². The number of pyridine rings is 1. The van der Waals surface area contributed by atoms with Gasteiger partial charge in [-0.15, -0.1) is 0 Å². The Balaban J connectivity index is 2.57. The molecule has 0 unspecified atom stereocenters. The molecule has 1 heterocycles. The summed E-state index contributed by atoms with van der Waals surface area (Å²) in [6.07, 6.45) is 2.04. The number of nitrogens with zero attached hydrogens (tertiary/aromatic N) is 1. The van der Waals surface area contributed by atoms with Crippen LogP contribution in [0.25, 0.3) is 10.9 Å². The van der Waals surface area contributed by atoms with Crippen molar-refractivity contribution in [3.63, 3.8) is 0 Å². The maximum absolute atomic E-state index is 6.02. The minimum atomic E-state index is 0.771. The highest BCUT2D eigenvalue weighted by Crippen LogP contribution is 2.25. The van der Waals surface area contributed by atoms with Crippen LogP contribution in [0.4, 0.5) is 5.69 Å². The zero-order chi connectivity index (χ0) is 11.5. The number of hydrogen-bond acceptors (Lipinski definition) is 3. The van der Waals surface area contributed by atoms with Gasteiger partial charge in [0.1, 0.15) is 5.75 Å². The van der Waals surface area contributed by atoms with Crippen molar-refractivity contribution in [2.24, 2.45) is 0 Å². The van der Waals surface area contributed by atoms with Crippen molar-refractivity contribution in [1.82, 2.24) is 4.98 Å². The minimum absolute atomic E-state index is 0.771. The third-order valence-electron chi connectivity index (χ3n) is 2.61. The van der Waals surface area contributed by atoms with Gasteiger partial charge in [0.2, 0.25) is 0 Å². The molecule has 3 heteroatoms. The van der Waals surface area contributed by atoms with Gasteiger partial charge >= 0.3 is 0 Å². The highest BCUT2D eigenvalue weighted by atomic mass is 16.5. The Hall–Kier alpha value is -1.77. The van der Waals surface area contributed by atoms with Crippen molar-refractivity contribution in [3.8, 4) is 5.75 Å². The summed E-state index contributed by atoms with van der Waals surface area (Å²) in [5.74, 6) is 0.809. The third-order valence-corrected chi connectivity index (χ3v) is 2.61. The van der Waals surface area contributed by atoms with E-state index in [0.29, 0.717) is 0 Å². The lowest BCUT2D eigenvalue weighted by atomic mass is 10.1. The summed E-state index contributed by atoms with van der Waals surface area (Å²) in [6, 6.07) is 7.73. The molecule has 0 saturated carbocycles. The predicted molar refractivity (Wildman–Crippen MR) is 66.7 cm³/mol. The molecular weight excluding hydrogens is 200 g/mol. The van der Waals surface area contributed by atoms with E-state index >= 15 is 0 Å². The summed E-state index contributed by atoms with van der Waals surface area (Å²) in [7, 11) is 1.65. The Morgan fingerprint density at radius 3 is 2.81 bits per heavy atom. The first kappa shape index (κ1) is 10.7. The second kappa shape index (κ2) is 4.39. The molecule has 2 aromatic rings. The number of anilines is 1. The van der Waals surface area contributed by atoms with Crippen LogP contribution in [0.2, 0.25) is 0 Å². The second-order valence-corrected chi connectivity index (χ2v) is 3.84. The SMILES string of the molecule is CCCc1cc(N)c2cc(OC)ccc2n1. The van der Waals surface area contributed by atoms with E-state index in [1.807, 2.05) is 24.3 Å². The topological polar surface area (TPSA) is 48.1 Å². The summed E-state index contributed by atoms with van der Waals surface area (Å²) in [5, 5.41) is 0.958. The van der Waals surface area contributed by atoms with Gasteiger partial charge in [0, 0.05) is 16.8 Å². The number of fused-ring (bicyclic) bond motifs is 1. The molecule has 0 spiro atoms. The van der Waals surface area contributed by atoms with Crippen LogP contribution >= 0.6 is 0 Å². The van der Waals surface area contributed by atoms with Crippen LogP contribution in [0.15, 0.2) is 24.3 Å². The summed E-state index contributed by atoms with van der Waals surface area (Å²) >= 11 is 0. The molecule has 0 atom stereocenters. The number of aromatic nitrogens is 1. The number of ether oxygens (including phenoxy) is 1. The van der Waals surface area contributed by atoms with Crippen molar-refractivity contribution in [2.75, 3.05) is 12.8 Å². The maximum atomic E-state index is 6.02. The van der Waals surface area contributed by atoms with E-state index in [1.54, 1.807) is 7.11 Å². The van der Waals surface area contributed by atoms with E-state index in [9.17, 15) is 0 Å². The molecule has 84 valence electrons. The molecule has 0 aliphatic rings. The third kappa shape index (κ3) is 1.94. The van der Waals surface area contributed by atoms with Gasteiger partial charge in [0.05, 0.1) is 12.6 Å². The van der Waals surface area contributed by atoms with Crippen molar-refractivity contribution in [1.29, 1.82) is 0 Å². The first-order valence-electron chi connectivity index (χ1n) is 5.47. The van der Waals surface area contributed by atoms with Crippen LogP contribution in [0.3, 0.4) is 0 Å². The summed E-state index contributed by atoms with van der Waals surface area (Å²) in [4.78, 5) is 4.57. The van der Waals surface area contributed by atoms with Gasteiger partial charge in [-0.1, -0.05) is 13.3 Å². The van der Waals surface area contributed by atoms with Crippen molar-refractivity contribution in [3.05, 3.63) is 30.0 Å². The monoisotopic (exact) mass is 216 g/mol. The Morgan fingerprint density at radius 2 is 2.12 bits per heavy atom. The Kier molecular flexibility index (Phi) is 2.95. The van der Waals surface area contributed by atoms with E-state index in [0.717, 1.165) is 40.9 Å². The standard InChI is InChI=1S/C13H16N2O/c1-3-4-9-7-12(14)11-8-10(16-2)5-6-13(11)15-9/h5-8H,3-4H2,1-2H3,(H2,14,15). The summed E-state index contributed by atoms with van der Waals surface area (Å²) in [5.41, 5.74) is 8.77. The molecule has 2 rings (SSSR count). The number of nitrogen functional groups attached to an aromatic ring is 1. The summed E-state index contributed by atoms with van der Waals surface area (Å²) < 4.78 is 5.17. The zero-order valence-corrected chi connectivity index (χ0v) is 9.66. The van der Waals surface area contributed by atoms with Gasteiger partial charge in [-0.25, -0.2) is 0 Å². The fraction of sp³-hybridized carbons (Fsp3) is 0.308. The molecule has 0 bridgehead atoms. The number of nitrogens with two attached hydrogens (primary N) is 1. The van der Waals surface area contributed by atoms with Crippen LogP contribution < -0.4 is 10.5 Å². The van der Waals surface area contributed by atoms with Crippen LogP contribution in [-0.4, -0.2) is 12.1 Å². The normalized spacial score (nSPS) is 10.6. The zero-order valence-electron chi connectivity index (χ0n) is 9.66. The lowest BCUT2D eigenvalue weighted by Gasteiger charge is -2.07. The molecule has 1 aromatic carbocycles. The molecule has 1 aromatic heterocycles. The Bertz CT molecular complexity index is 509. The highest BCUT2D eigenvalue weighted by Gasteiger charge is 2.04. The number of hydrogen-bond donors (Lipinski definition) is 1. The van der Waals surface area contributed by atoms with Gasteiger partial charge in [-0.3, -0.25) is 4.98 Å². The lowest BCUT2D eigenvalue weighted by Crippen LogP contribution is -1.96. The van der Waals surface area contributed by atoms with E-state index in [-0.39, 0.29) is 0 Å². The average Bonchev–Trinajstić information content (AvgIpc) is 2.29. The molecule has 0 radical (unpaired) electrons. The molecule has 0 amide bonds. The van der Waals surface area contributed by atoms with Gasteiger partial charge < -0.3 is 10.5 Å². The number of rotatable bonds is 3. The van der Waals surface area contributed by atoms with Crippen LogP contribution in [0.5, 0.6) is 5.75 Å². The molecule has 0 aliphatic carbocycles. The Morgan fingerprint density at radius 1 is 1.31 bits per heavy atom. The predicted octanol–water partition coefficient (Wildman–Crippen LogP) is 2.78.